The van der Waals surface area contributed by atoms with Gasteiger partial charge in [-0.25, -0.2) is 4.79 Å². The third kappa shape index (κ3) is 4.82. The van der Waals surface area contributed by atoms with E-state index in [1.807, 2.05) is 20.8 Å². The minimum atomic E-state index is -0.984. The van der Waals surface area contributed by atoms with Crippen LogP contribution in [0.5, 0.6) is 0 Å². The van der Waals surface area contributed by atoms with Crippen LogP contribution in [0.2, 0.25) is 0 Å². The van der Waals surface area contributed by atoms with Gasteiger partial charge in [-0.15, -0.1) is 5.10 Å². The molecule has 0 atom stereocenters. The highest BCUT2D eigenvalue weighted by atomic mass is 16.5. The summed E-state index contributed by atoms with van der Waals surface area (Å²) in [6.45, 7) is 10.9. The van der Waals surface area contributed by atoms with Gasteiger partial charge in [0.15, 0.2) is 5.82 Å². The van der Waals surface area contributed by atoms with Gasteiger partial charge in [0, 0.05) is 6.54 Å². The highest BCUT2D eigenvalue weighted by molar-refractivity contribution is 5.95. The van der Waals surface area contributed by atoms with Crippen molar-refractivity contribution in [3.05, 3.63) is 29.0 Å². The molecule has 0 aliphatic carbocycles. The number of aryl methyl sites for hydroxylation is 1. The zero-order valence-electron chi connectivity index (χ0n) is 12.9. The van der Waals surface area contributed by atoms with Gasteiger partial charge in [0.2, 0.25) is 0 Å². The number of carboxylic acid groups (broad SMARTS) is 1. The van der Waals surface area contributed by atoms with Crippen LogP contribution in [0.15, 0.2) is 12.2 Å². The number of aromatic nitrogens is 2. The number of nitrogens with one attached hydrogen (secondary N) is 1. The van der Waals surface area contributed by atoms with E-state index >= 15 is 0 Å². The van der Waals surface area contributed by atoms with Crippen molar-refractivity contribution in [3.63, 3.8) is 0 Å². The highest BCUT2D eigenvalue weighted by Gasteiger charge is 2.19. The first-order valence-electron chi connectivity index (χ1n) is 7.08. The fourth-order valence-electron chi connectivity index (χ4n) is 2.01. The summed E-state index contributed by atoms with van der Waals surface area (Å²) in [6, 6.07) is 0. The van der Waals surface area contributed by atoms with Crippen molar-refractivity contribution >= 4 is 11.8 Å². The van der Waals surface area contributed by atoms with E-state index in [1.165, 1.54) is 0 Å². The number of aromatic carboxylic acids is 1. The van der Waals surface area contributed by atoms with E-state index in [4.69, 9.17) is 4.74 Å². The molecule has 0 bridgehead atoms. The summed E-state index contributed by atoms with van der Waals surface area (Å²) >= 11 is 0. The number of rotatable bonds is 9. The lowest BCUT2D eigenvalue weighted by atomic mass is 10.0. The van der Waals surface area contributed by atoms with Gasteiger partial charge in [-0.2, -0.15) is 5.10 Å². The quantitative estimate of drug-likeness (QED) is 0.537. The SMILES string of the molecule is C=C(C)COCCNc1nnc(CC)c(CC)c1C(=O)O. The largest absolute Gasteiger partial charge is 0.478 e. The molecule has 2 N–H and O–H groups in total. The normalized spacial score (nSPS) is 10.4. The smallest absolute Gasteiger partial charge is 0.339 e. The molecule has 0 aliphatic heterocycles. The Labute approximate surface area is 125 Å². The van der Waals surface area contributed by atoms with Gasteiger partial charge in [0.05, 0.1) is 18.9 Å². The monoisotopic (exact) mass is 293 g/mol. The molecular weight excluding hydrogens is 270 g/mol. The average molecular weight is 293 g/mol. The number of carboxylic acids is 1. The molecule has 21 heavy (non-hydrogen) atoms. The maximum absolute atomic E-state index is 11.5. The van der Waals surface area contributed by atoms with Gasteiger partial charge >= 0.3 is 5.97 Å². The topological polar surface area (TPSA) is 84.3 Å². The molecule has 0 unspecified atom stereocenters. The minimum Gasteiger partial charge on any atom is -0.478 e. The molecule has 1 aromatic rings. The summed E-state index contributed by atoms with van der Waals surface area (Å²) in [6.07, 6.45) is 1.28. The van der Waals surface area contributed by atoms with E-state index in [0.717, 1.165) is 16.8 Å². The molecule has 0 aliphatic rings. The van der Waals surface area contributed by atoms with Gasteiger partial charge < -0.3 is 15.2 Å². The second kappa shape index (κ2) is 8.36. The van der Waals surface area contributed by atoms with Crippen molar-refractivity contribution in [1.82, 2.24) is 10.2 Å². The first-order valence-corrected chi connectivity index (χ1v) is 7.08. The summed E-state index contributed by atoms with van der Waals surface area (Å²) in [7, 11) is 0. The Morgan fingerprint density at radius 3 is 2.57 bits per heavy atom. The molecule has 0 amide bonds. The molecule has 0 fully saturated rings. The Morgan fingerprint density at radius 2 is 2.05 bits per heavy atom. The van der Waals surface area contributed by atoms with Crippen molar-refractivity contribution < 1.29 is 14.6 Å². The Hall–Kier alpha value is -1.95. The molecule has 0 aromatic carbocycles. The Kier molecular flexibility index (Phi) is 6.81. The second-order valence-corrected chi connectivity index (χ2v) is 4.80. The van der Waals surface area contributed by atoms with Crippen molar-refractivity contribution in [3.8, 4) is 0 Å². The molecule has 0 radical (unpaired) electrons. The molecule has 0 spiro atoms. The summed E-state index contributed by atoms with van der Waals surface area (Å²) in [4.78, 5) is 11.5. The standard InChI is InChI=1S/C15H23N3O3/c1-5-11-12(6-2)17-18-14(13(11)15(19)20)16-7-8-21-9-10(3)4/h3,5-9H2,1-2,4H3,(H,16,18)(H,19,20). The third-order valence-electron chi connectivity index (χ3n) is 2.95. The van der Waals surface area contributed by atoms with Crippen LogP contribution in [0.3, 0.4) is 0 Å². The summed E-state index contributed by atoms with van der Waals surface area (Å²) < 4.78 is 5.36. The molecule has 0 saturated heterocycles. The Balaban J connectivity index is 2.82. The molecule has 6 nitrogen and oxygen atoms in total. The zero-order valence-corrected chi connectivity index (χ0v) is 12.9. The van der Waals surface area contributed by atoms with E-state index in [2.05, 4.69) is 22.1 Å². The molecule has 1 heterocycles. The fourth-order valence-corrected chi connectivity index (χ4v) is 2.01. The number of ether oxygens (including phenoxy) is 1. The van der Waals surface area contributed by atoms with E-state index in [9.17, 15) is 9.90 Å². The molecule has 116 valence electrons. The number of hydrogen-bond acceptors (Lipinski definition) is 5. The summed E-state index contributed by atoms with van der Waals surface area (Å²) in [5.41, 5.74) is 2.63. The van der Waals surface area contributed by atoms with E-state index in [1.54, 1.807) is 0 Å². The molecule has 1 rings (SSSR count). The highest BCUT2D eigenvalue weighted by Crippen LogP contribution is 2.20. The van der Waals surface area contributed by atoms with Gasteiger partial charge in [-0.3, -0.25) is 0 Å². The van der Waals surface area contributed by atoms with Crippen LogP contribution < -0.4 is 5.32 Å². The molecule has 1 aromatic heterocycles. The van der Waals surface area contributed by atoms with Crippen LogP contribution in [0.25, 0.3) is 0 Å². The van der Waals surface area contributed by atoms with Crippen LogP contribution in [0.4, 0.5) is 5.82 Å². The third-order valence-corrected chi connectivity index (χ3v) is 2.95. The van der Waals surface area contributed by atoms with Crippen molar-refractivity contribution in [2.45, 2.75) is 33.6 Å². The van der Waals surface area contributed by atoms with E-state index in [0.29, 0.717) is 38.4 Å². The minimum absolute atomic E-state index is 0.212. The fraction of sp³-hybridized carbons (Fsp3) is 0.533. The van der Waals surface area contributed by atoms with Crippen molar-refractivity contribution in [1.29, 1.82) is 0 Å². The molecular formula is C15H23N3O3. The number of nitrogens with zero attached hydrogens (tertiary/aromatic N) is 2. The number of hydrogen-bond donors (Lipinski definition) is 2. The van der Waals surface area contributed by atoms with E-state index < -0.39 is 5.97 Å². The predicted molar refractivity (Wildman–Crippen MR) is 81.9 cm³/mol. The van der Waals surface area contributed by atoms with Gasteiger partial charge in [-0.1, -0.05) is 26.0 Å². The average Bonchev–Trinajstić information content (AvgIpc) is 2.45. The predicted octanol–water partition coefficient (Wildman–Crippen LogP) is 2.30. The van der Waals surface area contributed by atoms with Gasteiger partial charge in [0.25, 0.3) is 0 Å². The molecule has 0 saturated carbocycles. The van der Waals surface area contributed by atoms with Gasteiger partial charge in [0.1, 0.15) is 5.56 Å². The Bertz CT molecular complexity index is 515. The van der Waals surface area contributed by atoms with Crippen LogP contribution >= 0.6 is 0 Å². The van der Waals surface area contributed by atoms with Crippen LogP contribution in [0, 0.1) is 0 Å². The number of anilines is 1. The Morgan fingerprint density at radius 1 is 1.33 bits per heavy atom. The van der Waals surface area contributed by atoms with Crippen LogP contribution in [0.1, 0.15) is 42.4 Å². The van der Waals surface area contributed by atoms with Gasteiger partial charge in [-0.05, 0) is 25.3 Å². The van der Waals surface area contributed by atoms with E-state index in [-0.39, 0.29) is 5.56 Å². The molecule has 6 heteroatoms. The van der Waals surface area contributed by atoms with Crippen LogP contribution in [-0.4, -0.2) is 41.0 Å². The maximum Gasteiger partial charge on any atom is 0.339 e. The summed E-state index contributed by atoms with van der Waals surface area (Å²) in [5, 5.41) is 20.5. The lowest BCUT2D eigenvalue weighted by molar-refractivity contribution is 0.0696. The summed E-state index contributed by atoms with van der Waals surface area (Å²) in [5.74, 6) is -0.683. The first kappa shape index (κ1) is 17.1. The lowest BCUT2D eigenvalue weighted by Crippen LogP contribution is -2.18. The zero-order chi connectivity index (χ0) is 15.8. The maximum atomic E-state index is 11.5. The lowest BCUT2D eigenvalue weighted by Gasteiger charge is -2.13. The van der Waals surface area contributed by atoms with Crippen molar-refractivity contribution in [2.24, 2.45) is 0 Å². The number of carbonyl (C=O) groups is 1. The first-order chi connectivity index (χ1) is 10.0. The van der Waals surface area contributed by atoms with Crippen LogP contribution in [-0.2, 0) is 17.6 Å². The second-order valence-electron chi connectivity index (χ2n) is 4.80. The van der Waals surface area contributed by atoms with Crippen molar-refractivity contribution in [2.75, 3.05) is 25.1 Å².